The molecule has 9 heteroatoms. The van der Waals surface area contributed by atoms with Crippen molar-refractivity contribution >= 4 is 23.9 Å². The predicted octanol–water partition coefficient (Wildman–Crippen LogP) is 2.92. The van der Waals surface area contributed by atoms with Crippen LogP contribution < -0.4 is 5.32 Å². The van der Waals surface area contributed by atoms with E-state index in [2.05, 4.69) is 5.32 Å². The fourth-order valence-electron chi connectivity index (χ4n) is 4.51. The van der Waals surface area contributed by atoms with Gasteiger partial charge in [-0.15, -0.1) is 0 Å². The lowest BCUT2D eigenvalue weighted by Crippen LogP contribution is -2.57. The second kappa shape index (κ2) is 10.2. The number of carbonyl (C=O) groups excluding carboxylic acids is 3. The second-order valence-electron chi connectivity index (χ2n) is 8.65. The molecule has 1 fully saturated rings. The van der Waals surface area contributed by atoms with Crippen LogP contribution in [0, 0.1) is 0 Å². The van der Waals surface area contributed by atoms with Gasteiger partial charge in [-0.3, -0.25) is 10.1 Å². The van der Waals surface area contributed by atoms with Crippen molar-refractivity contribution in [2.45, 2.75) is 50.7 Å². The van der Waals surface area contributed by atoms with Crippen LogP contribution in [0.1, 0.15) is 43.7 Å². The maximum absolute atomic E-state index is 13.2. The van der Waals surface area contributed by atoms with Crippen LogP contribution in [0.2, 0.25) is 0 Å². The number of hydrogen-bond acceptors (Lipinski definition) is 6. The molecule has 2 aliphatic rings. The first-order chi connectivity index (χ1) is 16.8. The number of carboxylic acids is 1. The van der Waals surface area contributed by atoms with Gasteiger partial charge in [0.05, 0.1) is 6.61 Å². The van der Waals surface area contributed by atoms with E-state index in [1.54, 1.807) is 6.92 Å². The molecule has 184 valence electrons. The minimum atomic E-state index is -1.70. The number of amides is 2. The number of nitrogens with zero attached hydrogens (tertiary/aromatic N) is 1. The molecule has 9 nitrogen and oxygen atoms in total. The summed E-state index contributed by atoms with van der Waals surface area (Å²) in [6, 6.07) is 12.6. The van der Waals surface area contributed by atoms with Gasteiger partial charge < -0.3 is 19.5 Å². The minimum Gasteiger partial charge on any atom is -0.480 e. The van der Waals surface area contributed by atoms with Gasteiger partial charge in [-0.1, -0.05) is 48.5 Å². The third-order valence-electron chi connectivity index (χ3n) is 6.34. The van der Waals surface area contributed by atoms with Gasteiger partial charge in [-0.25, -0.2) is 14.4 Å². The summed E-state index contributed by atoms with van der Waals surface area (Å²) < 4.78 is 10.5. The maximum Gasteiger partial charge on any atom is 0.408 e. The smallest absolute Gasteiger partial charge is 0.408 e. The van der Waals surface area contributed by atoms with E-state index < -0.39 is 36.0 Å². The van der Waals surface area contributed by atoms with E-state index in [1.807, 2.05) is 48.5 Å². The number of carboxylic acid groups (broad SMARTS) is 1. The van der Waals surface area contributed by atoms with E-state index >= 15 is 0 Å². The lowest BCUT2D eigenvalue weighted by molar-refractivity contribution is -0.157. The zero-order chi connectivity index (χ0) is 25.1. The van der Waals surface area contributed by atoms with Crippen LogP contribution in [-0.2, 0) is 23.9 Å². The van der Waals surface area contributed by atoms with Gasteiger partial charge in [-0.2, -0.15) is 0 Å². The number of rotatable bonds is 9. The Morgan fingerprint density at radius 1 is 1.00 bits per heavy atom. The molecular formula is C26H28N2O7. The topological polar surface area (TPSA) is 122 Å². The summed E-state index contributed by atoms with van der Waals surface area (Å²) in [5.74, 6) is -3.18. The number of fused-ring (bicyclic) bond motifs is 3. The molecule has 2 aliphatic carbocycles. The van der Waals surface area contributed by atoms with Crippen molar-refractivity contribution < 1.29 is 33.8 Å². The van der Waals surface area contributed by atoms with Crippen LogP contribution in [-0.4, -0.2) is 65.3 Å². The molecule has 35 heavy (non-hydrogen) atoms. The zero-order valence-corrected chi connectivity index (χ0v) is 19.6. The molecule has 0 spiro atoms. The lowest BCUT2D eigenvalue weighted by Gasteiger charge is -2.29. The van der Waals surface area contributed by atoms with Gasteiger partial charge >= 0.3 is 18.0 Å². The van der Waals surface area contributed by atoms with Gasteiger partial charge in [-0.05, 0) is 48.9 Å². The fraction of sp³-hybridized carbons (Fsp3) is 0.385. The fourth-order valence-corrected chi connectivity index (χ4v) is 4.51. The summed E-state index contributed by atoms with van der Waals surface area (Å²) in [6.07, 6.45) is 0.297. The molecule has 2 atom stereocenters. The van der Waals surface area contributed by atoms with Crippen LogP contribution in [0.4, 0.5) is 4.79 Å². The summed E-state index contributed by atoms with van der Waals surface area (Å²) in [6.45, 7) is 2.94. The van der Waals surface area contributed by atoms with Crippen molar-refractivity contribution in [2.75, 3.05) is 13.2 Å². The molecule has 2 aromatic carbocycles. The number of alkyl carbamates (subject to hydrolysis) is 1. The van der Waals surface area contributed by atoms with E-state index in [1.165, 1.54) is 6.92 Å². The van der Waals surface area contributed by atoms with Gasteiger partial charge in [0.2, 0.25) is 6.04 Å². The Kier molecular flexibility index (Phi) is 7.04. The molecule has 2 amide bonds. The predicted molar refractivity (Wildman–Crippen MR) is 126 cm³/mol. The van der Waals surface area contributed by atoms with Crippen LogP contribution in [0.25, 0.3) is 11.1 Å². The Morgan fingerprint density at radius 3 is 2.09 bits per heavy atom. The first-order valence-corrected chi connectivity index (χ1v) is 11.7. The van der Waals surface area contributed by atoms with Crippen molar-refractivity contribution in [3.8, 4) is 11.1 Å². The first-order valence-electron chi connectivity index (χ1n) is 11.7. The monoisotopic (exact) mass is 480 g/mol. The number of carbonyl (C=O) groups is 4. The van der Waals surface area contributed by atoms with E-state index in [0.29, 0.717) is 12.8 Å². The number of benzene rings is 2. The van der Waals surface area contributed by atoms with Crippen LogP contribution >= 0.6 is 0 Å². The standard InChI is InChI=1S/C26H28N2O7/c1-3-34-25(32)22(23(29)28(16-12-13-16)15(2)24(30)31)27-26(33)35-14-21-19-10-6-4-8-17(19)18-9-5-7-11-20(18)21/h4-11,15-16,21-22H,3,12-14H2,1-2H3,(H,27,33)(H,30,31). The largest absolute Gasteiger partial charge is 0.480 e. The normalized spacial score (nSPS) is 15.8. The molecule has 4 rings (SSSR count). The molecule has 2 aromatic rings. The van der Waals surface area contributed by atoms with E-state index in [-0.39, 0.29) is 25.2 Å². The van der Waals surface area contributed by atoms with Gasteiger partial charge in [0, 0.05) is 12.0 Å². The maximum atomic E-state index is 13.2. The van der Waals surface area contributed by atoms with E-state index in [4.69, 9.17) is 9.47 Å². The molecule has 0 radical (unpaired) electrons. The zero-order valence-electron chi connectivity index (χ0n) is 19.6. The quantitative estimate of drug-likeness (QED) is 0.418. The Hall–Kier alpha value is -3.88. The number of esters is 1. The highest BCUT2D eigenvalue weighted by Crippen LogP contribution is 2.44. The molecule has 2 unspecified atom stereocenters. The van der Waals surface area contributed by atoms with Crippen molar-refractivity contribution in [1.29, 1.82) is 0 Å². The van der Waals surface area contributed by atoms with Crippen molar-refractivity contribution in [3.05, 3.63) is 59.7 Å². The number of aliphatic carboxylic acids is 1. The highest BCUT2D eigenvalue weighted by atomic mass is 16.6. The lowest BCUT2D eigenvalue weighted by atomic mass is 9.98. The van der Waals surface area contributed by atoms with Crippen molar-refractivity contribution in [3.63, 3.8) is 0 Å². The van der Waals surface area contributed by atoms with E-state index in [9.17, 15) is 24.3 Å². The Balaban J connectivity index is 1.49. The van der Waals surface area contributed by atoms with E-state index in [0.717, 1.165) is 27.2 Å². The molecule has 0 heterocycles. The first kappa shape index (κ1) is 24.3. The Labute approximate surface area is 203 Å². The van der Waals surface area contributed by atoms with Crippen molar-refractivity contribution in [2.24, 2.45) is 0 Å². The van der Waals surface area contributed by atoms with Crippen molar-refractivity contribution in [1.82, 2.24) is 10.2 Å². The third kappa shape index (κ3) is 4.99. The number of nitrogens with one attached hydrogen (secondary N) is 1. The summed E-state index contributed by atoms with van der Waals surface area (Å²) in [5.41, 5.74) is 4.18. The van der Waals surface area contributed by atoms with Crippen LogP contribution in [0.5, 0.6) is 0 Å². The average Bonchev–Trinajstić information content (AvgIpc) is 3.63. The summed E-state index contributed by atoms with van der Waals surface area (Å²) >= 11 is 0. The number of ether oxygens (including phenoxy) is 2. The van der Waals surface area contributed by atoms with Crippen LogP contribution in [0.3, 0.4) is 0 Å². The summed E-state index contributed by atoms with van der Waals surface area (Å²) in [4.78, 5) is 51.2. The van der Waals surface area contributed by atoms with Gasteiger partial charge in [0.1, 0.15) is 12.6 Å². The minimum absolute atomic E-state index is 0.00145. The molecule has 0 aliphatic heterocycles. The Bertz CT molecular complexity index is 1100. The molecule has 0 aromatic heterocycles. The molecule has 0 bridgehead atoms. The summed E-state index contributed by atoms with van der Waals surface area (Å²) in [7, 11) is 0. The molecule has 2 N–H and O–H groups in total. The molecule has 1 saturated carbocycles. The Morgan fingerprint density at radius 2 is 1.57 bits per heavy atom. The summed E-state index contributed by atoms with van der Waals surface area (Å²) in [5, 5.41) is 11.7. The highest BCUT2D eigenvalue weighted by molar-refractivity contribution is 6.05. The van der Waals surface area contributed by atoms with Crippen LogP contribution in [0.15, 0.2) is 48.5 Å². The molecular weight excluding hydrogens is 452 g/mol. The van der Waals surface area contributed by atoms with Gasteiger partial charge in [0.25, 0.3) is 5.91 Å². The molecule has 0 saturated heterocycles. The van der Waals surface area contributed by atoms with Gasteiger partial charge in [0.15, 0.2) is 0 Å². The average molecular weight is 481 g/mol. The highest BCUT2D eigenvalue weighted by Gasteiger charge is 2.44. The third-order valence-corrected chi connectivity index (χ3v) is 6.34. The SMILES string of the molecule is CCOC(=O)C(NC(=O)OCC1c2ccccc2-c2ccccc21)C(=O)N(C1CC1)C(C)C(=O)O. The number of hydrogen-bond donors (Lipinski definition) is 2. The second-order valence-corrected chi connectivity index (χ2v) is 8.65.